The first-order valence-corrected chi connectivity index (χ1v) is 9.17. The summed E-state index contributed by atoms with van der Waals surface area (Å²) in [4.78, 5) is 22.4. The average molecular weight is 423 g/mol. The minimum atomic E-state index is -0.565. The van der Waals surface area contributed by atoms with E-state index in [4.69, 9.17) is 23.2 Å². The molecule has 0 unspecified atom stereocenters. The Kier molecular flexibility index (Phi) is 5.04. The molecule has 0 fully saturated rings. The zero-order valence-corrected chi connectivity index (χ0v) is 16.2. The summed E-state index contributed by atoms with van der Waals surface area (Å²) in [6.07, 6.45) is 3.19. The third-order valence-corrected chi connectivity index (χ3v) is 4.77. The summed E-state index contributed by atoms with van der Waals surface area (Å²) in [5, 5.41) is 15.3. The van der Waals surface area contributed by atoms with E-state index in [1.165, 1.54) is 6.21 Å². The van der Waals surface area contributed by atoms with Gasteiger partial charge in [0.2, 0.25) is 5.95 Å². The van der Waals surface area contributed by atoms with Crippen LogP contribution in [0.1, 0.15) is 11.1 Å². The normalized spacial score (nSPS) is 11.1. The summed E-state index contributed by atoms with van der Waals surface area (Å²) >= 11 is 12.0. The van der Waals surface area contributed by atoms with Gasteiger partial charge in [-0.1, -0.05) is 47.5 Å². The molecule has 9 heteroatoms. The van der Waals surface area contributed by atoms with E-state index in [1.54, 1.807) is 24.4 Å². The number of aromatic amines is 2. The van der Waals surface area contributed by atoms with Gasteiger partial charge < -0.3 is 4.98 Å². The standard InChI is InChI=1S/C20H12Cl2N6O/c21-12-6-5-11(16(22)7-12)9-25-28-20-26-18(14(8-23)19(29)27-20)15-10-24-17-4-2-1-3-13(15)17/h1-7,9-10,24H,(H2,26,27,28,29)/b25-9+. The highest BCUT2D eigenvalue weighted by Crippen LogP contribution is 2.28. The number of nitrogens with one attached hydrogen (secondary N) is 3. The van der Waals surface area contributed by atoms with Gasteiger partial charge in [-0.2, -0.15) is 10.4 Å². The van der Waals surface area contributed by atoms with Crippen molar-refractivity contribution in [3.63, 3.8) is 0 Å². The van der Waals surface area contributed by atoms with E-state index in [0.29, 0.717) is 21.2 Å². The number of aromatic nitrogens is 3. The number of H-pyrrole nitrogens is 2. The lowest BCUT2D eigenvalue weighted by atomic mass is 10.1. The predicted octanol–water partition coefficient (Wildman–Crippen LogP) is 4.54. The van der Waals surface area contributed by atoms with Crippen LogP contribution in [0.4, 0.5) is 5.95 Å². The fourth-order valence-corrected chi connectivity index (χ4v) is 3.32. The number of rotatable bonds is 4. The van der Waals surface area contributed by atoms with E-state index in [2.05, 4.69) is 25.5 Å². The second-order valence-corrected chi connectivity index (χ2v) is 6.88. The Hall–Kier alpha value is -3.60. The highest BCUT2D eigenvalue weighted by atomic mass is 35.5. The van der Waals surface area contributed by atoms with Gasteiger partial charge in [0.25, 0.3) is 5.56 Å². The minimum Gasteiger partial charge on any atom is -0.360 e. The zero-order valence-electron chi connectivity index (χ0n) is 14.7. The average Bonchev–Trinajstić information content (AvgIpc) is 3.13. The lowest BCUT2D eigenvalue weighted by Crippen LogP contribution is -2.16. The van der Waals surface area contributed by atoms with Crippen molar-refractivity contribution in [2.24, 2.45) is 5.10 Å². The Morgan fingerprint density at radius 3 is 2.83 bits per heavy atom. The van der Waals surface area contributed by atoms with Crippen molar-refractivity contribution in [2.75, 3.05) is 5.43 Å². The molecule has 0 aliphatic carbocycles. The molecule has 142 valence electrons. The highest BCUT2D eigenvalue weighted by Gasteiger charge is 2.16. The number of benzene rings is 2. The number of hydrogen-bond donors (Lipinski definition) is 3. The Morgan fingerprint density at radius 1 is 1.21 bits per heavy atom. The third kappa shape index (κ3) is 3.72. The van der Waals surface area contributed by atoms with Gasteiger partial charge in [-0.05, 0) is 18.2 Å². The zero-order chi connectivity index (χ0) is 20.4. The Labute approximate surface area is 174 Å². The molecule has 2 heterocycles. The SMILES string of the molecule is N#Cc1c(-c2c[nH]c3ccccc23)nc(N/N=C/c2ccc(Cl)cc2Cl)[nH]c1=O. The molecule has 0 bridgehead atoms. The number of halogens is 2. The summed E-state index contributed by atoms with van der Waals surface area (Å²) in [5.41, 5.74) is 4.44. The van der Waals surface area contributed by atoms with Crippen LogP contribution in [0, 0.1) is 11.3 Å². The largest absolute Gasteiger partial charge is 0.360 e. The maximum absolute atomic E-state index is 12.4. The van der Waals surface area contributed by atoms with Crippen molar-refractivity contribution in [2.45, 2.75) is 0 Å². The number of fused-ring (bicyclic) bond motifs is 1. The van der Waals surface area contributed by atoms with Gasteiger partial charge in [-0.25, -0.2) is 10.4 Å². The van der Waals surface area contributed by atoms with E-state index in [0.717, 1.165) is 10.9 Å². The van der Waals surface area contributed by atoms with Crippen LogP contribution in [0.15, 0.2) is 58.6 Å². The third-order valence-electron chi connectivity index (χ3n) is 4.21. The van der Waals surface area contributed by atoms with Gasteiger partial charge in [0, 0.05) is 33.2 Å². The summed E-state index contributed by atoms with van der Waals surface area (Å²) < 4.78 is 0. The number of hydrogen-bond acceptors (Lipinski definition) is 5. The van der Waals surface area contributed by atoms with Crippen LogP contribution in [-0.4, -0.2) is 21.2 Å². The number of anilines is 1. The van der Waals surface area contributed by atoms with Crippen LogP contribution >= 0.6 is 23.2 Å². The van der Waals surface area contributed by atoms with Crippen molar-refractivity contribution in [1.82, 2.24) is 15.0 Å². The van der Waals surface area contributed by atoms with Crippen molar-refractivity contribution in [3.8, 4) is 17.3 Å². The second kappa shape index (κ2) is 7.80. The van der Waals surface area contributed by atoms with Crippen molar-refractivity contribution < 1.29 is 0 Å². The van der Waals surface area contributed by atoms with Crippen molar-refractivity contribution in [1.29, 1.82) is 5.26 Å². The molecule has 7 nitrogen and oxygen atoms in total. The van der Waals surface area contributed by atoms with Crippen LogP contribution in [0.25, 0.3) is 22.2 Å². The monoisotopic (exact) mass is 422 g/mol. The summed E-state index contributed by atoms with van der Waals surface area (Å²) in [5.74, 6) is 0.0932. The molecule has 4 rings (SSSR count). The summed E-state index contributed by atoms with van der Waals surface area (Å²) in [6, 6.07) is 14.5. The van der Waals surface area contributed by atoms with Crippen LogP contribution in [0.3, 0.4) is 0 Å². The van der Waals surface area contributed by atoms with Crippen LogP contribution < -0.4 is 11.0 Å². The Balaban J connectivity index is 1.72. The molecule has 29 heavy (non-hydrogen) atoms. The molecular formula is C20H12Cl2N6O. The number of nitrogens with zero attached hydrogens (tertiary/aromatic N) is 3. The van der Waals surface area contributed by atoms with Gasteiger partial charge in [-0.3, -0.25) is 9.78 Å². The molecule has 0 radical (unpaired) electrons. The maximum Gasteiger partial charge on any atom is 0.270 e. The van der Waals surface area contributed by atoms with Gasteiger partial charge in [0.15, 0.2) is 0 Å². The molecular weight excluding hydrogens is 411 g/mol. The quantitative estimate of drug-likeness (QED) is 0.331. The fraction of sp³-hybridized carbons (Fsp3) is 0. The molecule has 0 aliphatic rings. The van der Waals surface area contributed by atoms with Crippen LogP contribution in [0.2, 0.25) is 10.0 Å². The van der Waals surface area contributed by atoms with Crippen LogP contribution in [-0.2, 0) is 0 Å². The van der Waals surface area contributed by atoms with Gasteiger partial charge in [0.05, 0.1) is 16.9 Å². The maximum atomic E-state index is 12.4. The predicted molar refractivity (Wildman–Crippen MR) is 115 cm³/mol. The van der Waals surface area contributed by atoms with Gasteiger partial charge >= 0.3 is 0 Å². The Bertz CT molecular complexity index is 1350. The topological polar surface area (TPSA) is 110 Å². The minimum absolute atomic E-state index is 0.0787. The fourth-order valence-electron chi connectivity index (χ4n) is 2.86. The molecule has 0 saturated heterocycles. The van der Waals surface area contributed by atoms with E-state index < -0.39 is 5.56 Å². The Morgan fingerprint density at radius 2 is 2.03 bits per heavy atom. The molecule has 2 aromatic carbocycles. The molecule has 0 saturated carbocycles. The van der Waals surface area contributed by atoms with E-state index in [1.807, 2.05) is 30.3 Å². The number of nitriles is 1. The smallest absolute Gasteiger partial charge is 0.270 e. The van der Waals surface area contributed by atoms with E-state index in [9.17, 15) is 10.1 Å². The molecule has 4 aromatic rings. The van der Waals surface area contributed by atoms with Gasteiger partial charge in [0.1, 0.15) is 11.6 Å². The highest BCUT2D eigenvalue weighted by molar-refractivity contribution is 6.36. The molecule has 2 aromatic heterocycles. The number of hydrazone groups is 1. The summed E-state index contributed by atoms with van der Waals surface area (Å²) in [7, 11) is 0. The molecule has 3 N–H and O–H groups in total. The van der Waals surface area contributed by atoms with Crippen LogP contribution in [0.5, 0.6) is 0 Å². The lowest BCUT2D eigenvalue weighted by molar-refractivity contribution is 1.08. The first-order chi connectivity index (χ1) is 14.1. The summed E-state index contributed by atoms with van der Waals surface area (Å²) in [6.45, 7) is 0. The lowest BCUT2D eigenvalue weighted by Gasteiger charge is -2.05. The molecule has 0 amide bonds. The van der Waals surface area contributed by atoms with E-state index in [-0.39, 0.29) is 17.2 Å². The molecule has 0 spiro atoms. The molecule has 0 aliphatic heterocycles. The number of para-hydroxylation sites is 1. The molecule has 0 atom stereocenters. The first-order valence-electron chi connectivity index (χ1n) is 8.42. The van der Waals surface area contributed by atoms with Crippen molar-refractivity contribution in [3.05, 3.63) is 80.2 Å². The van der Waals surface area contributed by atoms with Gasteiger partial charge in [-0.15, -0.1) is 0 Å². The second-order valence-electron chi connectivity index (χ2n) is 6.03. The van der Waals surface area contributed by atoms with E-state index >= 15 is 0 Å². The van der Waals surface area contributed by atoms with Crippen molar-refractivity contribution >= 4 is 46.3 Å². The first kappa shape index (κ1) is 18.7.